The predicted octanol–water partition coefficient (Wildman–Crippen LogP) is 2.58. The first-order chi connectivity index (χ1) is 16.3. The molecule has 4 bridgehead atoms. The maximum atomic E-state index is 13.4. The van der Waals surface area contributed by atoms with Crippen molar-refractivity contribution in [1.82, 2.24) is 10.0 Å². The Morgan fingerprint density at radius 2 is 1.63 bits per heavy atom. The Bertz CT molecular complexity index is 1120. The predicted molar refractivity (Wildman–Crippen MR) is 117 cm³/mol. The van der Waals surface area contributed by atoms with Crippen molar-refractivity contribution in [1.29, 1.82) is 0 Å². The van der Waals surface area contributed by atoms with Gasteiger partial charge in [-0.1, -0.05) is 0 Å². The summed E-state index contributed by atoms with van der Waals surface area (Å²) in [4.78, 5) is 25.3. The molecule has 2 unspecified atom stereocenters. The van der Waals surface area contributed by atoms with Crippen LogP contribution in [0.2, 0.25) is 0 Å². The average Bonchev–Trinajstić information content (AvgIpc) is 2.72. The zero-order valence-electron chi connectivity index (χ0n) is 18.9. The number of halogens is 3. The summed E-state index contributed by atoms with van der Waals surface area (Å²) < 4.78 is 69.4. The van der Waals surface area contributed by atoms with Gasteiger partial charge in [-0.3, -0.25) is 9.59 Å². The standard InChI is InChI=1S/C23H28F3N3O5S/c24-23(25,26)34-16-2-4-17(5-3-16)35(32,33)29-22(6-1-7-22)20(31)28-18-14-8-13-9-15(18)12-21(10-13,11-14)19(27)30/h2-5,13-15,18,29H,1,6-12H2,(H2,27,30)(H,28,31). The maximum absolute atomic E-state index is 13.4. The fraction of sp³-hybridized carbons (Fsp3) is 0.652. The number of carbonyl (C=O) groups is 2. The summed E-state index contributed by atoms with van der Waals surface area (Å²) in [7, 11) is -4.18. The Labute approximate surface area is 201 Å². The molecule has 5 aliphatic rings. The molecule has 8 nitrogen and oxygen atoms in total. The van der Waals surface area contributed by atoms with E-state index in [1.165, 1.54) is 0 Å². The molecule has 5 aliphatic carbocycles. The molecular weight excluding hydrogens is 487 g/mol. The molecule has 12 heteroatoms. The summed E-state index contributed by atoms with van der Waals surface area (Å²) in [5.41, 5.74) is 3.94. The smallest absolute Gasteiger partial charge is 0.406 e. The van der Waals surface area contributed by atoms with E-state index in [0.29, 0.717) is 38.0 Å². The molecule has 0 aliphatic heterocycles. The van der Waals surface area contributed by atoms with E-state index in [1.54, 1.807) is 0 Å². The number of primary amides is 1. The van der Waals surface area contributed by atoms with E-state index in [2.05, 4.69) is 14.8 Å². The minimum Gasteiger partial charge on any atom is -0.406 e. The molecule has 0 radical (unpaired) electrons. The molecule has 5 saturated carbocycles. The lowest BCUT2D eigenvalue weighted by atomic mass is 9.47. The Morgan fingerprint density at radius 3 is 2.11 bits per heavy atom. The number of carbonyl (C=O) groups excluding carboxylic acids is 2. The minimum absolute atomic E-state index is 0.132. The van der Waals surface area contributed by atoms with Gasteiger partial charge in [0.25, 0.3) is 0 Å². The highest BCUT2D eigenvalue weighted by molar-refractivity contribution is 7.89. The van der Waals surface area contributed by atoms with Crippen LogP contribution < -0.4 is 20.5 Å². The van der Waals surface area contributed by atoms with Crippen LogP contribution in [-0.4, -0.2) is 38.2 Å². The summed E-state index contributed by atoms with van der Waals surface area (Å²) in [5, 5.41) is 3.11. The lowest BCUT2D eigenvalue weighted by Crippen LogP contribution is -2.68. The summed E-state index contributed by atoms with van der Waals surface area (Å²) in [5.74, 6) is -0.511. The zero-order chi connectivity index (χ0) is 25.2. The molecular formula is C23H28F3N3O5S. The number of alkyl halides is 3. The normalized spacial score (nSPS) is 33.1. The number of nitrogens with two attached hydrogens (primary N) is 1. The van der Waals surface area contributed by atoms with E-state index in [1.807, 2.05) is 0 Å². The highest BCUT2D eigenvalue weighted by Gasteiger charge is 2.59. The quantitative estimate of drug-likeness (QED) is 0.514. The highest BCUT2D eigenvalue weighted by atomic mass is 32.2. The highest BCUT2D eigenvalue weighted by Crippen LogP contribution is 2.60. The lowest BCUT2D eigenvalue weighted by Gasteiger charge is -2.59. The van der Waals surface area contributed by atoms with E-state index >= 15 is 0 Å². The number of hydrogen-bond donors (Lipinski definition) is 3. The van der Waals surface area contributed by atoms with Crippen molar-refractivity contribution in [2.24, 2.45) is 28.9 Å². The minimum atomic E-state index is -4.89. The molecule has 6 rings (SSSR count). The van der Waals surface area contributed by atoms with Crippen LogP contribution in [0.3, 0.4) is 0 Å². The first kappa shape index (κ1) is 24.4. The monoisotopic (exact) mass is 515 g/mol. The van der Waals surface area contributed by atoms with Crippen LogP contribution in [0.1, 0.15) is 51.4 Å². The van der Waals surface area contributed by atoms with E-state index in [9.17, 15) is 31.2 Å². The summed E-state index contributed by atoms with van der Waals surface area (Å²) >= 11 is 0. The number of benzene rings is 1. The third kappa shape index (κ3) is 4.39. The Morgan fingerprint density at radius 1 is 1.03 bits per heavy atom. The number of hydrogen-bond acceptors (Lipinski definition) is 5. The second-order valence-corrected chi connectivity index (χ2v) is 12.4. The average molecular weight is 516 g/mol. The fourth-order valence-electron chi connectivity index (χ4n) is 6.89. The van der Waals surface area contributed by atoms with Crippen molar-refractivity contribution in [3.05, 3.63) is 24.3 Å². The Balaban J connectivity index is 1.29. The second kappa shape index (κ2) is 8.09. The molecule has 0 saturated heterocycles. The van der Waals surface area contributed by atoms with Crippen molar-refractivity contribution >= 4 is 21.8 Å². The fourth-order valence-corrected chi connectivity index (χ4v) is 8.32. The molecule has 1 aromatic carbocycles. The Kier molecular flexibility index (Phi) is 5.63. The first-order valence-electron chi connectivity index (χ1n) is 11.8. The van der Waals surface area contributed by atoms with Crippen molar-refractivity contribution in [2.75, 3.05) is 0 Å². The second-order valence-electron chi connectivity index (χ2n) is 10.7. The first-order valence-corrected chi connectivity index (χ1v) is 13.3. The van der Waals surface area contributed by atoms with E-state index in [-0.39, 0.29) is 28.7 Å². The number of rotatable bonds is 7. The third-order valence-electron chi connectivity index (χ3n) is 8.43. The number of nitrogens with one attached hydrogen (secondary N) is 2. The molecule has 2 atom stereocenters. The topological polar surface area (TPSA) is 128 Å². The number of amides is 2. The van der Waals surface area contributed by atoms with Crippen LogP contribution in [0.25, 0.3) is 0 Å². The summed E-state index contributed by atoms with van der Waals surface area (Å²) in [6, 6.07) is 3.72. The van der Waals surface area contributed by atoms with Gasteiger partial charge in [0.2, 0.25) is 21.8 Å². The van der Waals surface area contributed by atoms with Crippen LogP contribution in [0.5, 0.6) is 5.75 Å². The van der Waals surface area contributed by atoms with Gasteiger partial charge in [0.1, 0.15) is 11.3 Å². The molecule has 2 amide bonds. The van der Waals surface area contributed by atoms with Crippen LogP contribution in [0.4, 0.5) is 13.2 Å². The van der Waals surface area contributed by atoms with Crippen LogP contribution >= 0.6 is 0 Å². The van der Waals surface area contributed by atoms with Crippen LogP contribution in [-0.2, 0) is 19.6 Å². The van der Waals surface area contributed by atoms with E-state index in [0.717, 1.165) is 43.5 Å². The van der Waals surface area contributed by atoms with Crippen LogP contribution in [0, 0.1) is 23.2 Å². The largest absolute Gasteiger partial charge is 0.573 e. The molecule has 0 spiro atoms. The van der Waals surface area contributed by atoms with Gasteiger partial charge >= 0.3 is 6.36 Å². The summed E-state index contributed by atoms with van der Waals surface area (Å²) in [6.07, 6.45) is 0.360. The third-order valence-corrected chi connectivity index (χ3v) is 9.98. The van der Waals surface area contributed by atoms with Crippen molar-refractivity contribution < 1.29 is 35.9 Å². The molecule has 0 aromatic heterocycles. The zero-order valence-corrected chi connectivity index (χ0v) is 19.8. The molecule has 5 fully saturated rings. The summed E-state index contributed by atoms with van der Waals surface area (Å²) in [6.45, 7) is 0. The number of ether oxygens (including phenoxy) is 1. The van der Waals surface area contributed by atoms with Gasteiger partial charge in [0.15, 0.2) is 0 Å². The number of sulfonamides is 1. The molecule has 4 N–H and O–H groups in total. The van der Waals surface area contributed by atoms with Gasteiger partial charge in [-0.15, -0.1) is 13.2 Å². The van der Waals surface area contributed by atoms with Crippen LogP contribution in [0.15, 0.2) is 29.2 Å². The Hall–Kier alpha value is -2.34. The van der Waals surface area contributed by atoms with Gasteiger partial charge < -0.3 is 15.8 Å². The molecule has 0 heterocycles. The maximum Gasteiger partial charge on any atom is 0.573 e. The van der Waals surface area contributed by atoms with Crippen molar-refractivity contribution in [3.8, 4) is 5.75 Å². The van der Waals surface area contributed by atoms with Gasteiger partial charge in [0, 0.05) is 11.5 Å². The van der Waals surface area contributed by atoms with Crippen molar-refractivity contribution in [3.63, 3.8) is 0 Å². The molecule has 35 heavy (non-hydrogen) atoms. The van der Waals surface area contributed by atoms with Gasteiger partial charge in [-0.2, -0.15) is 4.72 Å². The van der Waals surface area contributed by atoms with Gasteiger partial charge in [0.05, 0.1) is 4.90 Å². The SMILES string of the molecule is NC(=O)C12CC3CC(C1)C(NC(=O)C1(NS(=O)(=O)c4ccc(OC(F)(F)F)cc4)CCC1)C(C3)C2. The molecule has 192 valence electrons. The van der Waals surface area contributed by atoms with Gasteiger partial charge in [-0.05, 0) is 93.4 Å². The van der Waals surface area contributed by atoms with Crippen molar-refractivity contribution in [2.45, 2.75) is 74.2 Å². The van der Waals surface area contributed by atoms with E-state index in [4.69, 9.17) is 5.73 Å². The molecule has 1 aromatic rings. The van der Waals surface area contributed by atoms with E-state index < -0.39 is 39.0 Å². The lowest BCUT2D eigenvalue weighted by molar-refractivity contribution is -0.274. The van der Waals surface area contributed by atoms with Gasteiger partial charge in [-0.25, -0.2) is 8.42 Å².